The fourth-order valence-corrected chi connectivity index (χ4v) is 6.72. The molecule has 0 atom stereocenters. The first-order chi connectivity index (χ1) is 15.8. The summed E-state index contributed by atoms with van der Waals surface area (Å²) in [6, 6.07) is 9.62. The molecule has 10 heteroatoms. The summed E-state index contributed by atoms with van der Waals surface area (Å²) >= 11 is 1.32. The molecule has 1 heterocycles. The molecule has 1 saturated carbocycles. The maximum Gasteiger partial charge on any atom is 0.279 e. The van der Waals surface area contributed by atoms with E-state index in [0.29, 0.717) is 21.9 Å². The van der Waals surface area contributed by atoms with Crippen LogP contribution in [-0.2, 0) is 17.1 Å². The van der Waals surface area contributed by atoms with Crippen LogP contribution in [0.5, 0.6) is 11.5 Å². The van der Waals surface area contributed by atoms with Crippen LogP contribution in [0.25, 0.3) is 10.2 Å². The molecule has 1 aliphatic carbocycles. The zero-order chi connectivity index (χ0) is 23.8. The highest BCUT2D eigenvalue weighted by Gasteiger charge is 2.30. The smallest absolute Gasteiger partial charge is 0.279 e. The Morgan fingerprint density at radius 1 is 1.06 bits per heavy atom. The van der Waals surface area contributed by atoms with Crippen LogP contribution in [0.3, 0.4) is 0 Å². The van der Waals surface area contributed by atoms with Crippen LogP contribution in [-0.4, -0.2) is 50.5 Å². The van der Waals surface area contributed by atoms with Gasteiger partial charge in [0, 0.05) is 25.7 Å². The van der Waals surface area contributed by atoms with Gasteiger partial charge in [0.05, 0.1) is 19.1 Å². The van der Waals surface area contributed by atoms with Crippen LogP contribution >= 0.6 is 11.3 Å². The predicted octanol–water partition coefficient (Wildman–Crippen LogP) is 3.56. The minimum atomic E-state index is -3.60. The summed E-state index contributed by atoms with van der Waals surface area (Å²) in [5.41, 5.74) is 1.10. The standard InChI is InChI=1S/C23H27N3O5S2/c1-25-20-18(30-3)13-14-19(31-4)21(20)32-23(25)24-22(27)15-9-11-17(12-10-15)33(28,29)26(2)16-7-5-6-8-16/h9-14,16H,5-8H2,1-4H3. The number of aryl methyl sites for hydroxylation is 1. The largest absolute Gasteiger partial charge is 0.495 e. The Labute approximate surface area is 197 Å². The number of hydrogen-bond donors (Lipinski definition) is 0. The number of ether oxygens (including phenoxy) is 2. The number of rotatable bonds is 6. The van der Waals surface area contributed by atoms with Gasteiger partial charge >= 0.3 is 0 Å². The van der Waals surface area contributed by atoms with E-state index in [2.05, 4.69) is 4.99 Å². The van der Waals surface area contributed by atoms with Crippen molar-refractivity contribution in [3.63, 3.8) is 0 Å². The Bertz CT molecular complexity index is 1350. The lowest BCUT2D eigenvalue weighted by Crippen LogP contribution is -2.35. The van der Waals surface area contributed by atoms with E-state index in [-0.39, 0.29) is 10.9 Å². The van der Waals surface area contributed by atoms with Gasteiger partial charge < -0.3 is 14.0 Å². The van der Waals surface area contributed by atoms with Crippen molar-refractivity contribution in [1.82, 2.24) is 8.87 Å². The van der Waals surface area contributed by atoms with Crippen LogP contribution in [0.15, 0.2) is 46.3 Å². The second-order valence-electron chi connectivity index (χ2n) is 7.99. The van der Waals surface area contributed by atoms with Crippen molar-refractivity contribution in [2.24, 2.45) is 12.0 Å². The molecule has 0 saturated heterocycles. The predicted molar refractivity (Wildman–Crippen MR) is 127 cm³/mol. The summed E-state index contributed by atoms with van der Waals surface area (Å²) in [6.07, 6.45) is 3.86. The fraction of sp³-hybridized carbons (Fsp3) is 0.391. The van der Waals surface area contributed by atoms with Crippen LogP contribution in [0.2, 0.25) is 0 Å². The monoisotopic (exact) mass is 489 g/mol. The first-order valence-electron chi connectivity index (χ1n) is 10.7. The van der Waals surface area contributed by atoms with Crippen molar-refractivity contribution in [3.05, 3.63) is 46.8 Å². The average Bonchev–Trinajstić information content (AvgIpc) is 3.47. The van der Waals surface area contributed by atoms with E-state index in [0.717, 1.165) is 35.9 Å². The number of thiazole rings is 1. The molecule has 0 radical (unpaired) electrons. The average molecular weight is 490 g/mol. The van der Waals surface area contributed by atoms with E-state index >= 15 is 0 Å². The van der Waals surface area contributed by atoms with Crippen molar-refractivity contribution in [2.75, 3.05) is 21.3 Å². The molecule has 2 aromatic carbocycles. The number of aromatic nitrogens is 1. The molecular weight excluding hydrogens is 462 g/mol. The van der Waals surface area contributed by atoms with Gasteiger partial charge in [0.25, 0.3) is 5.91 Å². The van der Waals surface area contributed by atoms with Crippen molar-refractivity contribution < 1.29 is 22.7 Å². The van der Waals surface area contributed by atoms with Gasteiger partial charge in [-0.25, -0.2) is 8.42 Å². The molecule has 1 amide bonds. The van der Waals surface area contributed by atoms with Crippen molar-refractivity contribution in [2.45, 2.75) is 36.6 Å². The molecule has 1 aliphatic rings. The highest BCUT2D eigenvalue weighted by atomic mass is 32.2. The number of amides is 1. The van der Waals surface area contributed by atoms with Crippen LogP contribution < -0.4 is 14.3 Å². The third-order valence-electron chi connectivity index (χ3n) is 6.13. The zero-order valence-electron chi connectivity index (χ0n) is 19.1. The lowest BCUT2D eigenvalue weighted by molar-refractivity contribution is 0.0998. The molecule has 176 valence electrons. The van der Waals surface area contributed by atoms with Gasteiger partial charge in [-0.3, -0.25) is 4.79 Å². The Morgan fingerprint density at radius 3 is 2.27 bits per heavy atom. The molecule has 3 aromatic rings. The topological polar surface area (TPSA) is 90.2 Å². The van der Waals surface area contributed by atoms with E-state index in [9.17, 15) is 13.2 Å². The normalized spacial score (nSPS) is 15.5. The second kappa shape index (κ2) is 9.28. The maximum absolute atomic E-state index is 12.9. The van der Waals surface area contributed by atoms with Gasteiger partial charge in [-0.15, -0.1) is 0 Å². The number of methoxy groups -OCH3 is 2. The lowest BCUT2D eigenvalue weighted by Gasteiger charge is -2.23. The van der Waals surface area contributed by atoms with E-state index < -0.39 is 15.9 Å². The summed E-state index contributed by atoms with van der Waals surface area (Å²) < 4.78 is 40.9. The number of benzene rings is 2. The van der Waals surface area contributed by atoms with Crippen molar-refractivity contribution in [3.8, 4) is 11.5 Å². The molecule has 1 fully saturated rings. The highest BCUT2D eigenvalue weighted by Crippen LogP contribution is 2.34. The van der Waals surface area contributed by atoms with Crippen LogP contribution in [0.4, 0.5) is 0 Å². The molecule has 4 rings (SSSR count). The van der Waals surface area contributed by atoms with Gasteiger partial charge in [-0.1, -0.05) is 24.2 Å². The molecule has 0 spiro atoms. The quantitative estimate of drug-likeness (QED) is 0.528. The molecular formula is C23H27N3O5S2. The Hall–Kier alpha value is -2.69. The van der Waals surface area contributed by atoms with E-state index in [1.165, 1.54) is 39.9 Å². The minimum absolute atomic E-state index is 0.0354. The summed E-state index contributed by atoms with van der Waals surface area (Å²) in [6.45, 7) is 0. The fourth-order valence-electron chi connectivity index (χ4n) is 4.18. The molecule has 8 nitrogen and oxygen atoms in total. The Kier molecular flexibility index (Phi) is 6.60. The van der Waals surface area contributed by atoms with Gasteiger partial charge in [-0.05, 0) is 49.2 Å². The maximum atomic E-state index is 12.9. The number of fused-ring (bicyclic) bond motifs is 1. The number of nitrogens with zero attached hydrogens (tertiary/aromatic N) is 3. The first-order valence-corrected chi connectivity index (χ1v) is 12.9. The minimum Gasteiger partial charge on any atom is -0.495 e. The lowest BCUT2D eigenvalue weighted by atomic mass is 10.2. The Morgan fingerprint density at radius 2 is 1.67 bits per heavy atom. The second-order valence-corrected chi connectivity index (χ2v) is 11.0. The van der Waals surface area contributed by atoms with Gasteiger partial charge in [0.2, 0.25) is 10.0 Å². The van der Waals surface area contributed by atoms with Crippen molar-refractivity contribution in [1.29, 1.82) is 0 Å². The number of carbonyl (C=O) groups is 1. The number of carbonyl (C=O) groups excluding carboxylic acids is 1. The summed E-state index contributed by atoms with van der Waals surface area (Å²) in [5, 5.41) is 0. The summed E-state index contributed by atoms with van der Waals surface area (Å²) in [7, 11) is 3.00. The molecule has 0 aliphatic heterocycles. The molecule has 0 N–H and O–H groups in total. The Balaban J connectivity index is 1.65. The molecule has 0 unspecified atom stereocenters. The van der Waals surface area contributed by atoms with Crippen molar-refractivity contribution >= 4 is 37.5 Å². The van der Waals surface area contributed by atoms with Gasteiger partial charge in [-0.2, -0.15) is 9.30 Å². The van der Waals surface area contributed by atoms with Crippen LogP contribution in [0, 0.1) is 0 Å². The number of hydrogen-bond acceptors (Lipinski definition) is 6. The van der Waals surface area contributed by atoms with E-state index in [1.807, 2.05) is 6.07 Å². The van der Waals surface area contributed by atoms with Gasteiger partial charge in [0.1, 0.15) is 21.7 Å². The van der Waals surface area contributed by atoms with Gasteiger partial charge in [0.15, 0.2) is 4.80 Å². The SMILES string of the molecule is COc1ccc(OC)c2c1sc(=NC(=O)c1ccc(S(=O)(=O)N(C)C3CCCC3)cc1)n2C. The number of sulfonamides is 1. The summed E-state index contributed by atoms with van der Waals surface area (Å²) in [4.78, 5) is 17.8. The highest BCUT2D eigenvalue weighted by molar-refractivity contribution is 7.89. The molecule has 33 heavy (non-hydrogen) atoms. The summed E-state index contributed by atoms with van der Waals surface area (Å²) in [5.74, 6) is 0.865. The zero-order valence-corrected chi connectivity index (χ0v) is 20.7. The van der Waals surface area contributed by atoms with E-state index in [4.69, 9.17) is 9.47 Å². The first kappa shape index (κ1) is 23.5. The third-order valence-corrected chi connectivity index (χ3v) is 9.20. The molecule has 0 bridgehead atoms. The molecule has 1 aromatic heterocycles. The van der Waals surface area contributed by atoms with E-state index in [1.54, 1.807) is 38.9 Å². The third kappa shape index (κ3) is 4.30. The van der Waals surface area contributed by atoms with Crippen LogP contribution in [0.1, 0.15) is 36.0 Å².